The lowest BCUT2D eigenvalue weighted by Gasteiger charge is -2.12. The fraction of sp³-hybridized carbons (Fsp3) is 0.333. The van der Waals surface area contributed by atoms with Gasteiger partial charge in [0.05, 0.1) is 5.02 Å². The highest BCUT2D eigenvalue weighted by atomic mass is 35.5. The second kappa shape index (κ2) is 6.97. The molecule has 2 rings (SSSR count). The van der Waals surface area contributed by atoms with Crippen molar-refractivity contribution in [3.8, 4) is 11.5 Å². The molecule has 0 amide bonds. The van der Waals surface area contributed by atoms with E-state index in [1.54, 1.807) is 0 Å². The van der Waals surface area contributed by atoms with Crippen molar-refractivity contribution < 1.29 is 4.74 Å². The number of ether oxygens (including phenoxy) is 1. The van der Waals surface area contributed by atoms with Crippen molar-refractivity contribution in [1.82, 2.24) is 5.32 Å². The second-order valence-corrected chi connectivity index (χ2v) is 6.13. The summed E-state index contributed by atoms with van der Waals surface area (Å²) < 4.78 is 5.90. The van der Waals surface area contributed by atoms with Gasteiger partial charge in [-0.15, -0.1) is 0 Å². The Morgan fingerprint density at radius 2 is 1.71 bits per heavy atom. The van der Waals surface area contributed by atoms with E-state index in [1.807, 2.05) is 30.3 Å². The number of rotatable bonds is 5. The predicted octanol–water partition coefficient (Wildman–Crippen LogP) is 5.25. The lowest BCUT2D eigenvalue weighted by atomic mass is 10.1. The van der Waals surface area contributed by atoms with Gasteiger partial charge in [-0.2, -0.15) is 0 Å². The molecule has 3 heteroatoms. The molecule has 0 aliphatic carbocycles. The third kappa shape index (κ3) is 4.76. The Morgan fingerprint density at radius 1 is 1.05 bits per heavy atom. The Hall–Kier alpha value is -1.51. The van der Waals surface area contributed by atoms with Crippen LogP contribution < -0.4 is 10.1 Å². The van der Waals surface area contributed by atoms with E-state index in [4.69, 9.17) is 16.3 Å². The molecular formula is C18H22ClNO. The van der Waals surface area contributed by atoms with Crippen molar-refractivity contribution in [2.24, 2.45) is 0 Å². The van der Waals surface area contributed by atoms with Crippen LogP contribution in [-0.4, -0.2) is 6.04 Å². The van der Waals surface area contributed by atoms with E-state index < -0.39 is 0 Å². The van der Waals surface area contributed by atoms with Crippen molar-refractivity contribution in [2.75, 3.05) is 0 Å². The SMILES string of the molecule is Cc1cc(C)cc(Oc2ccc(CNC(C)C)cc2Cl)c1. The van der Waals surface area contributed by atoms with E-state index >= 15 is 0 Å². The van der Waals surface area contributed by atoms with Gasteiger partial charge in [0.2, 0.25) is 0 Å². The molecule has 0 aromatic heterocycles. The van der Waals surface area contributed by atoms with Crippen LogP contribution in [0, 0.1) is 13.8 Å². The van der Waals surface area contributed by atoms with Gasteiger partial charge < -0.3 is 10.1 Å². The third-order valence-corrected chi connectivity index (χ3v) is 3.43. The molecule has 1 N–H and O–H groups in total. The Bertz CT molecular complexity index is 602. The van der Waals surface area contributed by atoms with Crippen LogP contribution >= 0.6 is 11.6 Å². The number of benzene rings is 2. The van der Waals surface area contributed by atoms with Crippen molar-refractivity contribution in [2.45, 2.75) is 40.3 Å². The van der Waals surface area contributed by atoms with Crippen LogP contribution in [0.5, 0.6) is 11.5 Å². The summed E-state index contributed by atoms with van der Waals surface area (Å²) in [5, 5.41) is 4.01. The van der Waals surface area contributed by atoms with Gasteiger partial charge in [-0.3, -0.25) is 0 Å². The maximum absolute atomic E-state index is 6.32. The number of nitrogens with one attached hydrogen (secondary N) is 1. The highest BCUT2D eigenvalue weighted by Crippen LogP contribution is 2.31. The van der Waals surface area contributed by atoms with Crippen LogP contribution in [0.3, 0.4) is 0 Å². The highest BCUT2D eigenvalue weighted by Gasteiger charge is 2.06. The van der Waals surface area contributed by atoms with Crippen molar-refractivity contribution in [1.29, 1.82) is 0 Å². The quantitative estimate of drug-likeness (QED) is 0.815. The molecule has 2 aromatic rings. The topological polar surface area (TPSA) is 21.3 Å². The number of aryl methyl sites for hydroxylation is 2. The first kappa shape index (κ1) is 15.9. The average Bonchev–Trinajstić information content (AvgIpc) is 2.38. The first-order valence-electron chi connectivity index (χ1n) is 7.22. The highest BCUT2D eigenvalue weighted by molar-refractivity contribution is 6.32. The van der Waals surface area contributed by atoms with Crippen LogP contribution in [-0.2, 0) is 6.54 Å². The molecule has 0 unspecified atom stereocenters. The fourth-order valence-electron chi connectivity index (χ4n) is 2.18. The average molecular weight is 304 g/mol. The third-order valence-electron chi connectivity index (χ3n) is 3.13. The number of halogens is 1. The fourth-order valence-corrected chi connectivity index (χ4v) is 2.42. The maximum atomic E-state index is 6.32. The van der Waals surface area contributed by atoms with Crippen molar-refractivity contribution in [3.63, 3.8) is 0 Å². The Kier molecular flexibility index (Phi) is 5.27. The van der Waals surface area contributed by atoms with Gasteiger partial charge in [0.1, 0.15) is 11.5 Å². The molecule has 0 fully saturated rings. The molecule has 0 aliphatic heterocycles. The van der Waals surface area contributed by atoms with Gasteiger partial charge in [0, 0.05) is 12.6 Å². The van der Waals surface area contributed by atoms with Gasteiger partial charge >= 0.3 is 0 Å². The Morgan fingerprint density at radius 3 is 2.29 bits per heavy atom. The first-order chi connectivity index (χ1) is 9.94. The van der Waals surface area contributed by atoms with E-state index in [1.165, 1.54) is 11.1 Å². The zero-order valence-electron chi connectivity index (χ0n) is 13.0. The van der Waals surface area contributed by atoms with E-state index in [-0.39, 0.29) is 0 Å². The van der Waals surface area contributed by atoms with Gasteiger partial charge in [0.15, 0.2) is 0 Å². The molecule has 0 heterocycles. The molecule has 0 aliphatic rings. The standard InChI is InChI=1S/C18H22ClNO/c1-12(2)20-11-15-5-6-18(17(19)10-15)21-16-8-13(3)7-14(4)9-16/h5-10,12,20H,11H2,1-4H3. The number of hydrogen-bond acceptors (Lipinski definition) is 2. The zero-order valence-corrected chi connectivity index (χ0v) is 13.8. The summed E-state index contributed by atoms with van der Waals surface area (Å²) in [4.78, 5) is 0. The number of hydrogen-bond donors (Lipinski definition) is 1. The molecule has 112 valence electrons. The van der Waals surface area contributed by atoms with E-state index in [2.05, 4.69) is 39.1 Å². The largest absolute Gasteiger partial charge is 0.456 e. The molecule has 2 nitrogen and oxygen atoms in total. The summed E-state index contributed by atoms with van der Waals surface area (Å²) in [7, 11) is 0. The molecule has 0 spiro atoms. The molecule has 0 radical (unpaired) electrons. The van der Waals surface area contributed by atoms with Gasteiger partial charge in [-0.25, -0.2) is 0 Å². The monoisotopic (exact) mass is 303 g/mol. The van der Waals surface area contributed by atoms with E-state index in [0.717, 1.165) is 17.9 Å². The normalized spacial score (nSPS) is 11.0. The van der Waals surface area contributed by atoms with Crippen LogP contribution in [0.15, 0.2) is 36.4 Å². The summed E-state index contributed by atoms with van der Waals surface area (Å²) >= 11 is 6.32. The van der Waals surface area contributed by atoms with Crippen molar-refractivity contribution >= 4 is 11.6 Å². The second-order valence-electron chi connectivity index (χ2n) is 5.73. The summed E-state index contributed by atoms with van der Waals surface area (Å²) in [5.74, 6) is 1.51. The summed E-state index contributed by atoms with van der Waals surface area (Å²) in [6.07, 6.45) is 0. The lowest BCUT2D eigenvalue weighted by Crippen LogP contribution is -2.21. The Labute approximate surface area is 132 Å². The summed E-state index contributed by atoms with van der Waals surface area (Å²) in [6.45, 7) is 9.17. The smallest absolute Gasteiger partial charge is 0.146 e. The van der Waals surface area contributed by atoms with Crippen LogP contribution in [0.25, 0.3) is 0 Å². The predicted molar refractivity (Wildman–Crippen MR) is 89.4 cm³/mol. The van der Waals surface area contributed by atoms with Gasteiger partial charge in [0.25, 0.3) is 0 Å². The first-order valence-corrected chi connectivity index (χ1v) is 7.60. The molecule has 0 saturated carbocycles. The molecule has 0 bridgehead atoms. The maximum Gasteiger partial charge on any atom is 0.146 e. The van der Waals surface area contributed by atoms with Crippen LogP contribution in [0.4, 0.5) is 0 Å². The molecule has 0 saturated heterocycles. The van der Waals surface area contributed by atoms with E-state index in [0.29, 0.717) is 16.8 Å². The molecular weight excluding hydrogens is 282 g/mol. The minimum Gasteiger partial charge on any atom is -0.456 e. The lowest BCUT2D eigenvalue weighted by molar-refractivity contribution is 0.481. The minimum absolute atomic E-state index is 0.454. The molecule has 21 heavy (non-hydrogen) atoms. The minimum atomic E-state index is 0.454. The van der Waals surface area contributed by atoms with Crippen molar-refractivity contribution in [3.05, 3.63) is 58.1 Å². The van der Waals surface area contributed by atoms with Crippen LogP contribution in [0.2, 0.25) is 5.02 Å². The van der Waals surface area contributed by atoms with Gasteiger partial charge in [-0.1, -0.05) is 37.6 Å². The summed E-state index contributed by atoms with van der Waals surface area (Å²) in [6, 6.07) is 12.5. The van der Waals surface area contributed by atoms with Gasteiger partial charge in [-0.05, 0) is 54.8 Å². The Balaban J connectivity index is 2.13. The summed E-state index contributed by atoms with van der Waals surface area (Å²) in [5.41, 5.74) is 3.51. The molecule has 2 aromatic carbocycles. The zero-order chi connectivity index (χ0) is 15.4. The van der Waals surface area contributed by atoms with Crippen LogP contribution in [0.1, 0.15) is 30.5 Å². The van der Waals surface area contributed by atoms with E-state index in [9.17, 15) is 0 Å². The molecule has 0 atom stereocenters.